The van der Waals surface area contributed by atoms with Gasteiger partial charge in [0.1, 0.15) is 0 Å². The Kier molecular flexibility index (Phi) is 52.1. The summed E-state index contributed by atoms with van der Waals surface area (Å²) in [5, 5.41) is 69.7. The molecular weight excluding hydrogens is 324 g/mol. The van der Waals surface area contributed by atoms with Gasteiger partial charge in [-0.25, -0.2) is 24.0 Å². The van der Waals surface area contributed by atoms with E-state index >= 15 is 0 Å². The quantitative estimate of drug-likeness (QED) is 0.275. The van der Waals surface area contributed by atoms with E-state index in [1.54, 1.807) is 0 Å². The van der Waals surface area contributed by atoms with E-state index in [0.29, 0.717) is 0 Å². The molecule has 0 unspecified atom stereocenters. The molecule has 21 heavy (non-hydrogen) atoms. The van der Waals surface area contributed by atoms with Crippen molar-refractivity contribution in [3.8, 4) is 0 Å². The normalized spacial score (nSPS) is 5.71. The van der Waals surface area contributed by atoms with E-state index in [0.717, 1.165) is 0 Å². The topological polar surface area (TPSA) is 288 Å². The Morgan fingerprint density at radius 2 is 0.381 bits per heavy atom. The molecule has 15 nitrogen and oxygen atoms in total. The first-order chi connectivity index (χ1) is 8.66. The fraction of sp³-hybridized carbons (Fsp3) is 0. The summed E-state index contributed by atoms with van der Waals surface area (Å²) < 4.78 is 0. The van der Waals surface area contributed by atoms with E-state index < -0.39 is 30.8 Å². The number of hydrogen-bond donors (Lipinski definition) is 10. The summed E-state index contributed by atoms with van der Waals surface area (Å²) in [5.41, 5.74) is 0. The van der Waals surface area contributed by atoms with Crippen LogP contribution in [0.3, 0.4) is 0 Å². The number of rotatable bonds is 0. The van der Waals surface area contributed by atoms with Crippen molar-refractivity contribution in [1.29, 1.82) is 0 Å². The van der Waals surface area contributed by atoms with Gasteiger partial charge < -0.3 is 53.9 Å². The summed E-state index contributed by atoms with van der Waals surface area (Å²) >= 11 is 0. The van der Waals surface area contributed by atoms with Gasteiger partial charge in [-0.3, -0.25) is 0 Å². The molecule has 0 aliphatic heterocycles. The first kappa shape index (κ1) is 36.2. The Morgan fingerprint density at radius 3 is 0.381 bits per heavy atom. The van der Waals surface area contributed by atoms with Crippen molar-refractivity contribution >= 4 is 53.8 Å². The van der Waals surface area contributed by atoms with Crippen LogP contribution in [0.25, 0.3) is 0 Å². The molecule has 0 aliphatic rings. The van der Waals surface area contributed by atoms with E-state index in [1.165, 1.54) is 0 Å². The molecule has 16 heteroatoms. The third-order valence-electron chi connectivity index (χ3n) is 0. The fourth-order valence-electron chi connectivity index (χ4n) is 0. The zero-order chi connectivity index (χ0) is 17.9. The monoisotopic (exact) mass is 336 g/mol. The fourth-order valence-corrected chi connectivity index (χ4v) is 0. The van der Waals surface area contributed by atoms with E-state index in [-0.39, 0.29) is 25.9 Å². The molecule has 0 radical (unpaired) electrons. The van der Waals surface area contributed by atoms with Crippen molar-refractivity contribution in [2.24, 2.45) is 0 Å². The number of hydrogen-bond acceptors (Lipinski definition) is 5. The van der Waals surface area contributed by atoms with Crippen LogP contribution in [0.5, 0.6) is 0 Å². The molecule has 0 rings (SSSR count). The van der Waals surface area contributed by atoms with Crippen molar-refractivity contribution in [2.45, 2.75) is 0 Å². The predicted octanol–water partition coefficient (Wildman–Crippen LogP) is 0.956. The molecule has 0 aromatic carbocycles. The van der Waals surface area contributed by atoms with Gasteiger partial charge in [-0.1, -0.05) is 0 Å². The minimum Gasteiger partial charge on any atom is -1.00 e. The molecular formula is C5H12MgO15. The minimum atomic E-state index is -1.83. The van der Waals surface area contributed by atoms with Crippen LogP contribution < -0.4 is 0 Å². The first-order valence-electron chi connectivity index (χ1n) is 3.26. The van der Waals surface area contributed by atoms with E-state index in [9.17, 15) is 0 Å². The van der Waals surface area contributed by atoms with Gasteiger partial charge in [-0.15, -0.1) is 0 Å². The zero-order valence-electron chi connectivity index (χ0n) is 11.7. The Bertz CT molecular complexity index is 217. The summed E-state index contributed by atoms with van der Waals surface area (Å²) in [6, 6.07) is 0. The third kappa shape index (κ3) is 470. The maximum absolute atomic E-state index is 8.56. The van der Waals surface area contributed by atoms with Crippen molar-refractivity contribution in [3.05, 3.63) is 0 Å². The van der Waals surface area contributed by atoms with Crippen LogP contribution in [0.15, 0.2) is 0 Å². The molecule has 0 saturated carbocycles. The molecule has 0 aromatic heterocycles. The molecule has 0 amide bonds. The minimum absolute atomic E-state index is 0. The van der Waals surface area contributed by atoms with E-state index in [2.05, 4.69) is 0 Å². The second-order valence-corrected chi connectivity index (χ2v) is 1.41. The van der Waals surface area contributed by atoms with Crippen LogP contribution in [-0.2, 0) is 0 Å². The second-order valence-electron chi connectivity index (χ2n) is 1.41. The van der Waals surface area contributed by atoms with Crippen molar-refractivity contribution in [3.63, 3.8) is 0 Å². The molecule has 0 aromatic rings. The Morgan fingerprint density at radius 1 is 0.381 bits per heavy atom. The Balaban J connectivity index is -0.0000000197. The van der Waals surface area contributed by atoms with Gasteiger partial charge in [0.25, 0.3) is 0 Å². The maximum atomic E-state index is 8.56. The Hall–Kier alpha value is -2.88. The van der Waals surface area contributed by atoms with Crippen molar-refractivity contribution in [2.75, 3.05) is 0 Å². The molecule has 0 atom stereocenters. The number of carbonyl (C=O) groups is 5. The summed E-state index contributed by atoms with van der Waals surface area (Å²) in [5.74, 6) is 0. The van der Waals surface area contributed by atoms with Gasteiger partial charge in [-0.05, 0) is 0 Å². The molecule has 0 spiro atoms. The molecule has 0 bridgehead atoms. The predicted molar refractivity (Wildman–Crippen MR) is 61.2 cm³/mol. The van der Waals surface area contributed by atoms with Crippen molar-refractivity contribution in [1.82, 2.24) is 0 Å². The van der Waals surface area contributed by atoms with Crippen LogP contribution in [-0.4, -0.2) is 105 Å². The molecule has 0 fully saturated rings. The molecule has 0 saturated heterocycles. The third-order valence-corrected chi connectivity index (χ3v) is 0. The average Bonchev–Trinajstić information content (AvgIpc) is 1.94. The summed E-state index contributed by atoms with van der Waals surface area (Å²) in [6.07, 6.45) is -9.17. The van der Waals surface area contributed by atoms with Crippen LogP contribution in [0.4, 0.5) is 24.0 Å². The summed E-state index contributed by atoms with van der Waals surface area (Å²) in [4.78, 5) is 42.8. The molecule has 0 aliphatic carbocycles. The maximum Gasteiger partial charge on any atom is 2.00 e. The standard InChI is InChI=1S/5CH2O3.Mg.2H/c5*2-1(3)4;;;/h5*(H2,2,3,4);;;/q;;;;;+2;2*-1. The van der Waals surface area contributed by atoms with Crippen LogP contribution in [0.1, 0.15) is 2.85 Å². The van der Waals surface area contributed by atoms with Gasteiger partial charge in [-0.2, -0.15) is 0 Å². The average molecular weight is 336 g/mol. The van der Waals surface area contributed by atoms with Gasteiger partial charge >= 0.3 is 53.8 Å². The molecule has 0 heterocycles. The summed E-state index contributed by atoms with van der Waals surface area (Å²) in [7, 11) is 0. The van der Waals surface area contributed by atoms with Crippen LogP contribution >= 0.6 is 0 Å². The Labute approximate surface area is 132 Å². The molecule has 124 valence electrons. The van der Waals surface area contributed by atoms with Gasteiger partial charge in [0.15, 0.2) is 0 Å². The largest absolute Gasteiger partial charge is 2.00 e. The van der Waals surface area contributed by atoms with Crippen molar-refractivity contribution < 1.29 is 77.9 Å². The second kappa shape index (κ2) is 30.3. The van der Waals surface area contributed by atoms with Gasteiger partial charge in [0.05, 0.1) is 0 Å². The van der Waals surface area contributed by atoms with Crippen LogP contribution in [0.2, 0.25) is 0 Å². The van der Waals surface area contributed by atoms with Crippen LogP contribution in [0, 0.1) is 0 Å². The number of carboxylic acid groups (broad SMARTS) is 10. The van der Waals surface area contributed by atoms with E-state index in [1.807, 2.05) is 0 Å². The summed E-state index contributed by atoms with van der Waals surface area (Å²) in [6.45, 7) is 0. The smallest absolute Gasteiger partial charge is 1.00 e. The van der Waals surface area contributed by atoms with E-state index in [4.69, 9.17) is 75.0 Å². The molecule has 10 N–H and O–H groups in total. The van der Waals surface area contributed by atoms with Gasteiger partial charge in [0, 0.05) is 0 Å². The van der Waals surface area contributed by atoms with Gasteiger partial charge in [0.2, 0.25) is 0 Å². The SMILES string of the molecule is O=C(O)O.O=C(O)O.O=C(O)O.O=C(O)O.O=C(O)O.[H-].[H-].[Mg+2]. The zero-order valence-corrected chi connectivity index (χ0v) is 11.1. The first-order valence-corrected chi connectivity index (χ1v) is 3.26.